The normalized spacial score (nSPS) is 16.1. The van der Waals surface area contributed by atoms with E-state index in [1.165, 1.54) is 12.1 Å². The highest BCUT2D eigenvalue weighted by molar-refractivity contribution is 6.03. The Bertz CT molecular complexity index is 836. The van der Waals surface area contributed by atoms with Crippen LogP contribution in [0.25, 0.3) is 0 Å². The number of urea groups is 1. The molecule has 2 amide bonds. The second-order valence-electron chi connectivity index (χ2n) is 5.72. The van der Waals surface area contributed by atoms with Gasteiger partial charge in [-0.3, -0.25) is 0 Å². The number of primary amides is 1. The van der Waals surface area contributed by atoms with Crippen LogP contribution in [0.2, 0.25) is 0 Å². The number of carbonyl (C=O) groups excluding carboxylic acids is 2. The van der Waals surface area contributed by atoms with E-state index in [4.69, 9.17) is 10.5 Å². The van der Waals surface area contributed by atoms with Gasteiger partial charge >= 0.3 is 12.0 Å². The number of para-hydroxylation sites is 1. The lowest BCUT2D eigenvalue weighted by atomic mass is 9.98. The molecule has 0 fully saturated rings. The molecule has 1 unspecified atom stereocenters. The Morgan fingerprint density at radius 3 is 2.54 bits per heavy atom. The first kappa shape index (κ1) is 17.5. The Morgan fingerprint density at radius 2 is 1.85 bits per heavy atom. The molecule has 1 aliphatic rings. The smallest absolute Gasteiger partial charge is 0.343 e. The zero-order valence-corrected chi connectivity index (χ0v) is 14.3. The maximum Gasteiger partial charge on any atom is 0.343 e. The first-order valence-corrected chi connectivity index (χ1v) is 8.10. The number of hydrogen-bond donors (Lipinski definition) is 1. The van der Waals surface area contributed by atoms with E-state index in [1.807, 2.05) is 42.5 Å². The molecule has 2 N–H and O–H groups in total. The molecule has 1 heterocycles. The van der Waals surface area contributed by atoms with Crippen LogP contribution < -0.4 is 10.5 Å². The number of benzene rings is 2. The van der Waals surface area contributed by atoms with Gasteiger partial charge in [0.25, 0.3) is 0 Å². The van der Waals surface area contributed by atoms with Gasteiger partial charge in [0.2, 0.25) is 0 Å². The molecule has 0 bridgehead atoms. The molecule has 0 aliphatic carbocycles. The molecule has 26 heavy (non-hydrogen) atoms. The van der Waals surface area contributed by atoms with E-state index in [0.29, 0.717) is 12.2 Å². The maximum atomic E-state index is 11.9. The van der Waals surface area contributed by atoms with Gasteiger partial charge in [-0.2, -0.15) is 5.10 Å². The molecule has 3 rings (SSSR count). The molecule has 7 nitrogen and oxygen atoms in total. The summed E-state index contributed by atoms with van der Waals surface area (Å²) < 4.78 is 10.2. The minimum atomic E-state index is -0.649. The summed E-state index contributed by atoms with van der Waals surface area (Å²) in [5, 5.41) is 5.65. The Kier molecular flexibility index (Phi) is 5.17. The van der Waals surface area contributed by atoms with Gasteiger partial charge in [0.15, 0.2) is 6.61 Å². The molecule has 7 heteroatoms. The van der Waals surface area contributed by atoms with Crippen molar-refractivity contribution < 1.29 is 19.1 Å². The van der Waals surface area contributed by atoms with Crippen molar-refractivity contribution >= 4 is 17.7 Å². The SMILES string of the molecule is COC(=O)COc1ccccc1C1CC(c2ccccc2)=NN1C(N)=O. The summed E-state index contributed by atoms with van der Waals surface area (Å²) >= 11 is 0. The van der Waals surface area contributed by atoms with Gasteiger partial charge in [-0.1, -0.05) is 48.5 Å². The lowest BCUT2D eigenvalue weighted by Gasteiger charge is -2.22. The fourth-order valence-electron chi connectivity index (χ4n) is 2.84. The third kappa shape index (κ3) is 3.66. The van der Waals surface area contributed by atoms with E-state index in [0.717, 1.165) is 16.8 Å². The van der Waals surface area contributed by atoms with Crippen molar-refractivity contribution in [1.82, 2.24) is 5.01 Å². The predicted octanol–water partition coefficient (Wildman–Crippen LogP) is 2.47. The Morgan fingerprint density at radius 1 is 1.15 bits per heavy atom. The summed E-state index contributed by atoms with van der Waals surface area (Å²) in [6, 6.07) is 15.7. The molecule has 0 aromatic heterocycles. The van der Waals surface area contributed by atoms with E-state index in [-0.39, 0.29) is 6.61 Å². The molecule has 134 valence electrons. The Hall–Kier alpha value is -3.35. The van der Waals surface area contributed by atoms with E-state index in [1.54, 1.807) is 12.1 Å². The van der Waals surface area contributed by atoms with Crippen molar-refractivity contribution in [1.29, 1.82) is 0 Å². The second kappa shape index (κ2) is 7.69. The fourth-order valence-corrected chi connectivity index (χ4v) is 2.84. The van der Waals surface area contributed by atoms with Crippen LogP contribution in [-0.4, -0.2) is 36.4 Å². The second-order valence-corrected chi connectivity index (χ2v) is 5.72. The number of hydrogen-bond acceptors (Lipinski definition) is 5. The molecule has 1 atom stereocenters. The monoisotopic (exact) mass is 353 g/mol. The van der Waals surface area contributed by atoms with Crippen molar-refractivity contribution in [2.24, 2.45) is 10.8 Å². The molecule has 0 spiro atoms. The van der Waals surface area contributed by atoms with Crippen LogP contribution in [0, 0.1) is 0 Å². The van der Waals surface area contributed by atoms with Crippen LogP contribution in [-0.2, 0) is 9.53 Å². The number of methoxy groups -OCH3 is 1. The molecule has 2 aromatic carbocycles. The number of amides is 2. The molecular weight excluding hydrogens is 334 g/mol. The minimum Gasteiger partial charge on any atom is -0.482 e. The third-order valence-corrected chi connectivity index (χ3v) is 4.09. The number of esters is 1. The van der Waals surface area contributed by atoms with Gasteiger partial charge in [-0.25, -0.2) is 14.6 Å². The highest BCUT2D eigenvalue weighted by Crippen LogP contribution is 2.37. The quantitative estimate of drug-likeness (QED) is 0.836. The lowest BCUT2D eigenvalue weighted by molar-refractivity contribution is -0.142. The van der Waals surface area contributed by atoms with Gasteiger partial charge in [0, 0.05) is 12.0 Å². The highest BCUT2D eigenvalue weighted by atomic mass is 16.6. The van der Waals surface area contributed by atoms with Crippen molar-refractivity contribution in [3.63, 3.8) is 0 Å². The van der Waals surface area contributed by atoms with Gasteiger partial charge < -0.3 is 15.2 Å². The van der Waals surface area contributed by atoms with Crippen molar-refractivity contribution in [3.8, 4) is 5.75 Å². The van der Waals surface area contributed by atoms with Gasteiger partial charge in [-0.15, -0.1) is 0 Å². The van der Waals surface area contributed by atoms with E-state index in [2.05, 4.69) is 9.84 Å². The van der Waals surface area contributed by atoms with E-state index >= 15 is 0 Å². The van der Waals surface area contributed by atoms with Crippen LogP contribution in [0.5, 0.6) is 5.75 Å². The number of nitrogens with zero attached hydrogens (tertiary/aromatic N) is 2. The van der Waals surface area contributed by atoms with Crippen LogP contribution in [0.1, 0.15) is 23.6 Å². The molecule has 0 saturated heterocycles. The standard InChI is InChI=1S/C19H19N3O4/c1-25-18(23)12-26-17-10-6-5-9-14(17)16-11-15(21-22(16)19(20)24)13-7-3-2-4-8-13/h2-10,16H,11-12H2,1H3,(H2,20,24). The summed E-state index contributed by atoms with van der Waals surface area (Å²) in [6.07, 6.45) is 0.492. The fraction of sp³-hybridized carbons (Fsp3) is 0.211. The van der Waals surface area contributed by atoms with E-state index in [9.17, 15) is 9.59 Å². The number of carbonyl (C=O) groups is 2. The van der Waals surface area contributed by atoms with Crippen LogP contribution in [0.15, 0.2) is 59.7 Å². The first-order chi connectivity index (χ1) is 12.6. The lowest BCUT2D eigenvalue weighted by Crippen LogP contribution is -2.32. The average molecular weight is 353 g/mol. The van der Waals surface area contributed by atoms with Crippen LogP contribution in [0.3, 0.4) is 0 Å². The summed E-state index contributed by atoms with van der Waals surface area (Å²) in [7, 11) is 1.30. The largest absolute Gasteiger partial charge is 0.482 e. The number of nitrogens with two attached hydrogens (primary N) is 1. The van der Waals surface area contributed by atoms with Crippen LogP contribution >= 0.6 is 0 Å². The number of ether oxygens (including phenoxy) is 2. The van der Waals surface area contributed by atoms with Gasteiger partial charge in [0.1, 0.15) is 5.75 Å². The summed E-state index contributed by atoms with van der Waals surface area (Å²) in [6.45, 7) is -0.219. The zero-order valence-electron chi connectivity index (χ0n) is 14.3. The Balaban J connectivity index is 1.89. The molecule has 0 saturated carbocycles. The molecule has 1 aliphatic heterocycles. The molecule has 0 radical (unpaired) electrons. The third-order valence-electron chi connectivity index (χ3n) is 4.09. The van der Waals surface area contributed by atoms with Crippen LogP contribution in [0.4, 0.5) is 4.79 Å². The summed E-state index contributed by atoms with van der Waals surface area (Å²) in [5.74, 6) is -0.00197. The van der Waals surface area contributed by atoms with Crippen molar-refractivity contribution in [2.75, 3.05) is 13.7 Å². The topological polar surface area (TPSA) is 94.2 Å². The van der Waals surface area contributed by atoms with E-state index < -0.39 is 18.0 Å². The Labute approximate surface area is 151 Å². The molecule has 2 aromatic rings. The predicted molar refractivity (Wildman–Crippen MR) is 95.7 cm³/mol. The first-order valence-electron chi connectivity index (χ1n) is 8.10. The summed E-state index contributed by atoms with van der Waals surface area (Å²) in [5.41, 5.74) is 7.94. The number of rotatable bonds is 5. The summed E-state index contributed by atoms with van der Waals surface area (Å²) in [4.78, 5) is 23.3. The van der Waals surface area contributed by atoms with Crippen molar-refractivity contribution in [3.05, 3.63) is 65.7 Å². The average Bonchev–Trinajstić information content (AvgIpc) is 3.12. The van der Waals surface area contributed by atoms with Crippen molar-refractivity contribution in [2.45, 2.75) is 12.5 Å². The highest BCUT2D eigenvalue weighted by Gasteiger charge is 2.33. The zero-order chi connectivity index (χ0) is 18.5. The molecular formula is C19H19N3O4. The van der Waals surface area contributed by atoms with Gasteiger partial charge in [-0.05, 0) is 11.6 Å². The minimum absolute atomic E-state index is 0.219. The maximum absolute atomic E-state index is 11.9. The number of hydrazone groups is 1. The van der Waals surface area contributed by atoms with Gasteiger partial charge in [0.05, 0.1) is 18.9 Å².